The molecule has 194 valence electrons. The van der Waals surface area contributed by atoms with E-state index < -0.39 is 11.2 Å². The van der Waals surface area contributed by atoms with E-state index >= 15 is 0 Å². The van der Waals surface area contributed by atoms with Crippen molar-refractivity contribution in [1.82, 2.24) is 14.3 Å². The van der Waals surface area contributed by atoms with E-state index in [0.29, 0.717) is 31.7 Å². The largest absolute Gasteiger partial charge is 0.487 e. The first-order valence-electron chi connectivity index (χ1n) is 12.6. The van der Waals surface area contributed by atoms with Gasteiger partial charge in [-0.05, 0) is 43.9 Å². The second-order valence-electron chi connectivity index (χ2n) is 8.65. The van der Waals surface area contributed by atoms with Gasteiger partial charge >= 0.3 is 17.2 Å². The summed E-state index contributed by atoms with van der Waals surface area (Å²) in [5.41, 5.74) is 0.166. The average molecular weight is 490 g/mol. The number of aromatic nitrogens is 3. The molecular weight excluding hydrogens is 450 g/mol. The first kappa shape index (κ1) is 28.1. The van der Waals surface area contributed by atoms with Crippen molar-refractivity contribution in [2.45, 2.75) is 84.8 Å². The summed E-state index contributed by atoms with van der Waals surface area (Å²) in [4.78, 5) is 35.9. The van der Waals surface area contributed by atoms with Crippen LogP contribution >= 0.6 is 0 Å². The predicted octanol–water partition coefficient (Wildman–Crippen LogP) is 3.64. The van der Waals surface area contributed by atoms with E-state index in [9.17, 15) is 14.4 Å². The summed E-state index contributed by atoms with van der Waals surface area (Å²) in [6, 6.07) is 7.69. The minimum atomic E-state index is -0.516. The Balaban J connectivity index is 1.81. The fourth-order valence-corrected chi connectivity index (χ4v) is 3.46. The Morgan fingerprint density at radius 2 is 1.74 bits per heavy atom. The van der Waals surface area contributed by atoms with Crippen LogP contribution < -0.4 is 20.7 Å². The van der Waals surface area contributed by atoms with Gasteiger partial charge in [0.15, 0.2) is 0 Å². The Hall–Kier alpha value is -3.10. The van der Waals surface area contributed by atoms with Crippen molar-refractivity contribution >= 4 is 5.97 Å². The zero-order valence-electron chi connectivity index (χ0n) is 21.5. The van der Waals surface area contributed by atoms with Crippen molar-refractivity contribution in [1.29, 1.82) is 0 Å². The molecule has 35 heavy (non-hydrogen) atoms. The Morgan fingerprint density at radius 3 is 2.43 bits per heavy atom. The van der Waals surface area contributed by atoms with Gasteiger partial charge in [0.1, 0.15) is 18.5 Å². The summed E-state index contributed by atoms with van der Waals surface area (Å²) in [6.07, 6.45) is 6.87. The molecule has 9 heteroatoms. The Kier molecular flexibility index (Phi) is 12.1. The second kappa shape index (κ2) is 15.0. The number of benzene rings is 1. The molecule has 0 N–H and O–H groups in total. The maximum absolute atomic E-state index is 12.4. The van der Waals surface area contributed by atoms with Gasteiger partial charge in [-0.3, -0.25) is 14.2 Å². The van der Waals surface area contributed by atoms with Crippen LogP contribution in [-0.4, -0.2) is 39.6 Å². The molecule has 0 aliphatic rings. The number of unbranched alkanes of at least 4 members (excludes halogenated alkanes) is 4. The third-order valence-corrected chi connectivity index (χ3v) is 5.56. The van der Waals surface area contributed by atoms with Crippen molar-refractivity contribution in [3.63, 3.8) is 0 Å². The molecule has 0 spiro atoms. The van der Waals surface area contributed by atoms with Crippen LogP contribution in [0.25, 0.3) is 0 Å². The van der Waals surface area contributed by atoms with Gasteiger partial charge in [0.05, 0.1) is 6.61 Å². The van der Waals surface area contributed by atoms with Gasteiger partial charge in [-0.1, -0.05) is 51.7 Å². The highest BCUT2D eigenvalue weighted by Gasteiger charge is 2.12. The summed E-state index contributed by atoms with van der Waals surface area (Å²) < 4.78 is 18.9. The highest BCUT2D eigenvalue weighted by atomic mass is 16.6. The highest BCUT2D eigenvalue weighted by molar-refractivity contribution is 5.68. The molecule has 0 saturated heterocycles. The second-order valence-corrected chi connectivity index (χ2v) is 8.65. The Bertz CT molecular complexity index is 1030. The SMILES string of the molecule is CCCCCCCn1nc(OCCCc2ccc(OC(C)COC(=O)CC)cc2)c(=O)n(C)c1=O. The van der Waals surface area contributed by atoms with E-state index in [4.69, 9.17) is 14.2 Å². The van der Waals surface area contributed by atoms with Crippen LogP contribution in [0, 0.1) is 0 Å². The van der Waals surface area contributed by atoms with E-state index in [0.717, 1.165) is 42.2 Å². The number of rotatable bonds is 16. The standard InChI is InChI=1S/C26H39N3O6/c1-5-7-8-9-10-17-29-26(32)28(4)25(31)24(27-29)33-18-11-12-21-13-15-22(16-14-21)35-20(3)19-34-23(30)6-2/h13-16,20H,5-12,17-19H2,1-4H3. The molecule has 1 atom stereocenters. The molecule has 2 rings (SSSR count). The molecule has 0 aliphatic carbocycles. The summed E-state index contributed by atoms with van der Waals surface area (Å²) in [5.74, 6) is 0.420. The van der Waals surface area contributed by atoms with Crippen LogP contribution in [0.5, 0.6) is 11.6 Å². The molecule has 1 aromatic carbocycles. The summed E-state index contributed by atoms with van der Waals surface area (Å²) in [5, 5.41) is 4.17. The van der Waals surface area contributed by atoms with Crippen LogP contribution in [0.3, 0.4) is 0 Å². The van der Waals surface area contributed by atoms with Gasteiger partial charge in [0.2, 0.25) is 0 Å². The van der Waals surface area contributed by atoms with Crippen LogP contribution in [0.1, 0.15) is 71.3 Å². The van der Waals surface area contributed by atoms with Gasteiger partial charge in [-0.25, -0.2) is 9.48 Å². The molecule has 0 saturated carbocycles. The Morgan fingerprint density at radius 1 is 1.03 bits per heavy atom. The number of hydrogen-bond donors (Lipinski definition) is 0. The molecule has 0 radical (unpaired) electrons. The average Bonchev–Trinajstić information content (AvgIpc) is 2.86. The molecule has 2 aromatic rings. The molecular formula is C26H39N3O6. The monoisotopic (exact) mass is 489 g/mol. The van der Waals surface area contributed by atoms with Crippen molar-refractivity contribution in [3.05, 3.63) is 50.7 Å². The van der Waals surface area contributed by atoms with Gasteiger partial charge in [-0.15, -0.1) is 5.10 Å². The molecule has 9 nitrogen and oxygen atoms in total. The maximum atomic E-state index is 12.4. The van der Waals surface area contributed by atoms with Crippen LogP contribution in [0.15, 0.2) is 33.9 Å². The van der Waals surface area contributed by atoms with E-state index in [1.54, 1.807) is 6.92 Å². The molecule has 1 heterocycles. The lowest BCUT2D eigenvalue weighted by Crippen LogP contribution is -2.40. The highest BCUT2D eigenvalue weighted by Crippen LogP contribution is 2.15. The maximum Gasteiger partial charge on any atom is 0.347 e. The van der Waals surface area contributed by atoms with Crippen molar-refractivity contribution in [2.24, 2.45) is 7.05 Å². The topological polar surface area (TPSA) is 102 Å². The zero-order valence-corrected chi connectivity index (χ0v) is 21.5. The lowest BCUT2D eigenvalue weighted by molar-refractivity contribution is -0.145. The lowest BCUT2D eigenvalue weighted by Gasteiger charge is -2.15. The third kappa shape index (κ3) is 9.58. The third-order valence-electron chi connectivity index (χ3n) is 5.56. The van der Waals surface area contributed by atoms with Gasteiger partial charge in [0, 0.05) is 20.0 Å². The number of carbonyl (C=O) groups excluding carboxylic acids is 1. The van der Waals surface area contributed by atoms with Gasteiger partial charge < -0.3 is 14.2 Å². The fourth-order valence-electron chi connectivity index (χ4n) is 3.46. The molecule has 0 aliphatic heterocycles. The predicted molar refractivity (Wildman–Crippen MR) is 134 cm³/mol. The van der Waals surface area contributed by atoms with Crippen molar-refractivity contribution < 1.29 is 19.0 Å². The van der Waals surface area contributed by atoms with E-state index in [2.05, 4.69) is 12.0 Å². The number of carbonyl (C=O) groups is 1. The summed E-state index contributed by atoms with van der Waals surface area (Å²) in [6.45, 7) is 6.76. The fraction of sp³-hybridized carbons (Fsp3) is 0.615. The molecule has 1 aromatic heterocycles. The smallest absolute Gasteiger partial charge is 0.347 e. The van der Waals surface area contributed by atoms with Gasteiger partial charge in [0.25, 0.3) is 5.88 Å². The number of aryl methyl sites for hydroxylation is 2. The lowest BCUT2D eigenvalue weighted by atomic mass is 10.1. The van der Waals surface area contributed by atoms with Gasteiger partial charge in [-0.2, -0.15) is 0 Å². The Labute approximate surface area is 207 Å². The van der Waals surface area contributed by atoms with E-state index in [1.807, 2.05) is 31.2 Å². The van der Waals surface area contributed by atoms with Crippen molar-refractivity contribution in [3.8, 4) is 11.6 Å². The molecule has 0 amide bonds. The summed E-state index contributed by atoms with van der Waals surface area (Å²) >= 11 is 0. The first-order chi connectivity index (χ1) is 16.8. The molecule has 1 unspecified atom stereocenters. The first-order valence-corrected chi connectivity index (χ1v) is 12.6. The zero-order chi connectivity index (χ0) is 25.6. The van der Waals surface area contributed by atoms with E-state index in [1.165, 1.54) is 18.2 Å². The normalized spacial score (nSPS) is 11.8. The number of hydrogen-bond acceptors (Lipinski definition) is 7. The van der Waals surface area contributed by atoms with Crippen LogP contribution in [0.4, 0.5) is 0 Å². The number of ether oxygens (including phenoxy) is 3. The minimum absolute atomic E-state index is 0.0397. The molecule has 0 bridgehead atoms. The quantitative estimate of drug-likeness (QED) is 0.262. The van der Waals surface area contributed by atoms with E-state index in [-0.39, 0.29) is 24.6 Å². The summed E-state index contributed by atoms with van der Waals surface area (Å²) in [7, 11) is 1.45. The minimum Gasteiger partial charge on any atom is -0.487 e. The van der Waals surface area contributed by atoms with Crippen molar-refractivity contribution in [2.75, 3.05) is 13.2 Å². The number of esters is 1. The number of nitrogens with zero attached hydrogens (tertiary/aromatic N) is 3. The van der Waals surface area contributed by atoms with Crippen LogP contribution in [-0.2, 0) is 29.5 Å². The molecule has 0 fully saturated rings. The van der Waals surface area contributed by atoms with Crippen LogP contribution in [0.2, 0.25) is 0 Å².